The summed E-state index contributed by atoms with van der Waals surface area (Å²) in [5.41, 5.74) is 3.93. The van der Waals surface area contributed by atoms with E-state index in [0.29, 0.717) is 21.1 Å². The Morgan fingerprint density at radius 1 is 1.00 bits per heavy atom. The summed E-state index contributed by atoms with van der Waals surface area (Å²) in [6.07, 6.45) is 1.65. The minimum Gasteiger partial charge on any atom is -0.320 e. The molecule has 7 heteroatoms. The van der Waals surface area contributed by atoms with Gasteiger partial charge in [0.25, 0.3) is 5.91 Å². The molecule has 0 aromatic heterocycles. The number of anilines is 1. The molecule has 1 N–H and O–H groups in total. The number of aryl methyl sites for hydroxylation is 2. The number of benzene rings is 3. The highest BCUT2D eigenvalue weighted by molar-refractivity contribution is 8.04. The van der Waals surface area contributed by atoms with E-state index in [-0.39, 0.29) is 22.4 Å². The van der Waals surface area contributed by atoms with Crippen molar-refractivity contribution in [1.82, 2.24) is 0 Å². The number of rotatable bonds is 4. The Kier molecular flexibility index (Phi) is 5.73. The summed E-state index contributed by atoms with van der Waals surface area (Å²) in [6.45, 7) is 3.81. The number of fused-ring (bicyclic) bond motifs is 1. The highest BCUT2D eigenvalue weighted by Gasteiger charge is 2.25. The van der Waals surface area contributed by atoms with Crippen molar-refractivity contribution in [3.63, 3.8) is 0 Å². The largest absolute Gasteiger partial charge is 0.320 e. The average molecular weight is 454 g/mol. The molecule has 0 unspecified atom stereocenters. The summed E-state index contributed by atoms with van der Waals surface area (Å²) >= 11 is 1.20. The molecule has 31 heavy (non-hydrogen) atoms. The normalized spacial score (nSPS) is 14.9. The smallest absolute Gasteiger partial charge is 0.262 e. The first kappa shape index (κ1) is 21.3. The summed E-state index contributed by atoms with van der Waals surface area (Å²) in [5, 5.41) is 2.79. The van der Waals surface area contributed by atoms with Gasteiger partial charge in [0.05, 0.1) is 21.2 Å². The third-order valence-electron chi connectivity index (χ3n) is 5.15. The number of thioether (sulfide) groups is 1. The van der Waals surface area contributed by atoms with E-state index in [4.69, 9.17) is 0 Å². The lowest BCUT2D eigenvalue weighted by molar-refractivity contribution is -0.112. The van der Waals surface area contributed by atoms with Gasteiger partial charge >= 0.3 is 0 Å². The molecule has 4 rings (SSSR count). The molecule has 3 aromatic rings. The molecule has 3 aromatic carbocycles. The third-order valence-corrected chi connectivity index (χ3v) is 7.87. The first-order valence-electron chi connectivity index (χ1n) is 9.61. The van der Waals surface area contributed by atoms with E-state index >= 15 is 0 Å². The minimum atomic E-state index is -3.57. The van der Waals surface area contributed by atoms with Crippen molar-refractivity contribution in [1.29, 1.82) is 0 Å². The van der Waals surface area contributed by atoms with Gasteiger partial charge in [-0.2, -0.15) is 0 Å². The van der Waals surface area contributed by atoms with Crippen LogP contribution in [0.5, 0.6) is 0 Å². The molecule has 0 saturated carbocycles. The number of hydrogen-bond donors (Lipinski definition) is 1. The summed E-state index contributed by atoms with van der Waals surface area (Å²) < 4.78 is 39.4. The van der Waals surface area contributed by atoms with Crippen molar-refractivity contribution in [3.8, 4) is 0 Å². The van der Waals surface area contributed by atoms with E-state index in [1.165, 1.54) is 30.0 Å². The molecular weight excluding hydrogens is 433 g/mol. The minimum absolute atomic E-state index is 0.0837. The lowest BCUT2D eigenvalue weighted by atomic mass is 10.1. The predicted molar refractivity (Wildman–Crippen MR) is 122 cm³/mol. The Morgan fingerprint density at radius 3 is 2.35 bits per heavy atom. The van der Waals surface area contributed by atoms with Crippen molar-refractivity contribution >= 4 is 39.3 Å². The molecule has 0 atom stereocenters. The number of amides is 1. The van der Waals surface area contributed by atoms with Gasteiger partial charge in [0.1, 0.15) is 5.82 Å². The zero-order valence-electron chi connectivity index (χ0n) is 17.0. The van der Waals surface area contributed by atoms with Gasteiger partial charge in [-0.1, -0.05) is 42.1 Å². The zero-order valence-corrected chi connectivity index (χ0v) is 18.6. The van der Waals surface area contributed by atoms with Gasteiger partial charge in [0.2, 0.25) is 0 Å². The van der Waals surface area contributed by atoms with Crippen LogP contribution in [-0.2, 0) is 20.4 Å². The zero-order chi connectivity index (χ0) is 22.2. The van der Waals surface area contributed by atoms with Gasteiger partial charge < -0.3 is 5.32 Å². The van der Waals surface area contributed by atoms with Crippen LogP contribution in [0.4, 0.5) is 10.1 Å². The van der Waals surface area contributed by atoms with Gasteiger partial charge in [-0.3, -0.25) is 4.79 Å². The van der Waals surface area contributed by atoms with Crippen LogP contribution in [-0.4, -0.2) is 14.3 Å². The van der Waals surface area contributed by atoms with Crippen molar-refractivity contribution in [2.75, 3.05) is 5.32 Å². The molecule has 1 heterocycles. The Morgan fingerprint density at radius 2 is 1.68 bits per heavy atom. The summed E-state index contributed by atoms with van der Waals surface area (Å²) in [4.78, 5) is 13.7. The van der Waals surface area contributed by atoms with Gasteiger partial charge in [-0.25, -0.2) is 12.8 Å². The number of nitrogens with one attached hydrogen (secondary N) is 1. The number of carbonyl (C=O) groups excluding carboxylic acids is 1. The average Bonchev–Trinajstić information content (AvgIpc) is 2.73. The van der Waals surface area contributed by atoms with Crippen LogP contribution >= 0.6 is 11.8 Å². The molecule has 0 saturated heterocycles. The van der Waals surface area contributed by atoms with Crippen LogP contribution < -0.4 is 5.32 Å². The Labute approximate surface area is 185 Å². The maximum atomic E-state index is 13.1. The van der Waals surface area contributed by atoms with E-state index < -0.39 is 9.84 Å². The van der Waals surface area contributed by atoms with E-state index in [1.807, 2.05) is 32.0 Å². The fraction of sp³-hybridized carbons (Fsp3) is 0.125. The van der Waals surface area contributed by atoms with Crippen LogP contribution in [0.1, 0.15) is 22.3 Å². The van der Waals surface area contributed by atoms with Gasteiger partial charge in [-0.15, -0.1) is 0 Å². The van der Waals surface area contributed by atoms with Crippen LogP contribution in [0.25, 0.3) is 6.08 Å². The van der Waals surface area contributed by atoms with Crippen LogP contribution in [0.15, 0.2) is 75.4 Å². The van der Waals surface area contributed by atoms with Crippen LogP contribution in [0.2, 0.25) is 0 Å². The molecule has 0 spiro atoms. The molecule has 4 nitrogen and oxygen atoms in total. The second kappa shape index (κ2) is 8.32. The van der Waals surface area contributed by atoms with E-state index in [2.05, 4.69) is 5.32 Å². The Hall–Kier alpha value is -2.90. The third kappa shape index (κ3) is 4.57. The summed E-state index contributed by atoms with van der Waals surface area (Å²) in [6, 6.07) is 16.3. The Balaban J connectivity index is 1.65. The molecule has 0 radical (unpaired) electrons. The van der Waals surface area contributed by atoms with Crippen molar-refractivity contribution < 1.29 is 17.6 Å². The fourth-order valence-electron chi connectivity index (χ4n) is 3.39. The topological polar surface area (TPSA) is 63.2 Å². The number of halogens is 1. The monoisotopic (exact) mass is 453 g/mol. The summed E-state index contributed by atoms with van der Waals surface area (Å²) in [5.74, 6) is -0.723. The van der Waals surface area contributed by atoms with Gasteiger partial charge in [0, 0.05) is 4.90 Å². The van der Waals surface area contributed by atoms with Gasteiger partial charge in [0.15, 0.2) is 9.84 Å². The number of sulfone groups is 1. The summed E-state index contributed by atoms with van der Waals surface area (Å²) in [7, 11) is -3.57. The van der Waals surface area contributed by atoms with Crippen LogP contribution in [0.3, 0.4) is 0 Å². The predicted octanol–water partition coefficient (Wildman–Crippen LogP) is 5.50. The molecule has 158 valence electrons. The van der Waals surface area contributed by atoms with E-state index in [0.717, 1.165) is 16.7 Å². The first-order chi connectivity index (χ1) is 14.7. The molecule has 0 aliphatic carbocycles. The van der Waals surface area contributed by atoms with Crippen molar-refractivity contribution in [2.24, 2.45) is 0 Å². The second-order valence-electron chi connectivity index (χ2n) is 7.40. The van der Waals surface area contributed by atoms with Crippen LogP contribution in [0, 0.1) is 19.7 Å². The molecule has 1 amide bonds. The number of carbonyl (C=O) groups is 1. The molecule has 0 bridgehead atoms. The van der Waals surface area contributed by atoms with Gasteiger partial charge in [-0.05, 0) is 72.5 Å². The standard InChI is InChI=1S/C24H20FNO3S2/c1-15-4-3-5-16(2)20(15)14-31(28,29)19-10-11-21-22(13-19)30-23(24(27)26-21)12-17-6-8-18(25)9-7-17/h3-13H,14H2,1-2H3,(H,26,27)/b23-12+. The highest BCUT2D eigenvalue weighted by Crippen LogP contribution is 2.40. The fourth-order valence-corrected chi connectivity index (χ4v) is 6.03. The molecule has 1 aliphatic rings. The number of hydrogen-bond acceptors (Lipinski definition) is 4. The first-order valence-corrected chi connectivity index (χ1v) is 12.1. The lowest BCUT2D eigenvalue weighted by Gasteiger charge is -2.20. The Bertz CT molecular complexity index is 1290. The second-order valence-corrected chi connectivity index (χ2v) is 10.5. The lowest BCUT2D eigenvalue weighted by Crippen LogP contribution is -2.17. The highest BCUT2D eigenvalue weighted by atomic mass is 32.2. The molecule has 1 aliphatic heterocycles. The molecular formula is C24H20FNO3S2. The quantitative estimate of drug-likeness (QED) is 0.530. The maximum Gasteiger partial charge on any atom is 0.262 e. The maximum absolute atomic E-state index is 13.1. The van der Waals surface area contributed by atoms with Crippen molar-refractivity contribution in [2.45, 2.75) is 29.4 Å². The van der Waals surface area contributed by atoms with E-state index in [1.54, 1.807) is 30.3 Å². The molecule has 0 fully saturated rings. The van der Waals surface area contributed by atoms with Crippen molar-refractivity contribution in [3.05, 3.63) is 93.6 Å². The SMILES string of the molecule is Cc1cccc(C)c1CS(=O)(=O)c1ccc2c(c1)S/C(=C/c1ccc(F)cc1)C(=O)N2. The van der Waals surface area contributed by atoms with E-state index in [9.17, 15) is 17.6 Å².